The van der Waals surface area contributed by atoms with Crippen LogP contribution in [-0.4, -0.2) is 41.7 Å². The Balaban J connectivity index is 2.43. The van der Waals surface area contributed by atoms with Gasteiger partial charge in [-0.15, -0.1) is 0 Å². The van der Waals surface area contributed by atoms with Gasteiger partial charge in [0.25, 0.3) is 0 Å². The van der Waals surface area contributed by atoms with Crippen molar-refractivity contribution in [1.82, 2.24) is 4.90 Å². The fraction of sp³-hybridized carbons (Fsp3) is 0.533. The van der Waals surface area contributed by atoms with Crippen molar-refractivity contribution >= 4 is 5.97 Å². The zero-order chi connectivity index (χ0) is 14.3. The van der Waals surface area contributed by atoms with Gasteiger partial charge in [0.15, 0.2) is 0 Å². The van der Waals surface area contributed by atoms with Crippen LogP contribution < -0.4 is 4.74 Å². The van der Waals surface area contributed by atoms with Crippen LogP contribution in [0, 0.1) is 0 Å². The van der Waals surface area contributed by atoms with Gasteiger partial charge in [0.05, 0.1) is 6.61 Å². The van der Waals surface area contributed by atoms with Gasteiger partial charge in [-0.2, -0.15) is 0 Å². The third-order valence-corrected chi connectivity index (χ3v) is 3.10. The first kappa shape index (κ1) is 15.5. The fourth-order valence-electron chi connectivity index (χ4n) is 2.00. The molecular formula is C15H23NO3. The minimum absolute atomic E-state index is 0.221. The van der Waals surface area contributed by atoms with Crippen LogP contribution in [-0.2, 0) is 0 Å². The van der Waals surface area contributed by atoms with Crippen LogP contribution in [0.5, 0.6) is 5.75 Å². The van der Waals surface area contributed by atoms with Gasteiger partial charge in [0.2, 0.25) is 0 Å². The van der Waals surface area contributed by atoms with Crippen molar-refractivity contribution in [3.63, 3.8) is 0 Å². The topological polar surface area (TPSA) is 49.8 Å². The van der Waals surface area contributed by atoms with Crippen LogP contribution in [0.25, 0.3) is 0 Å². The lowest BCUT2D eigenvalue weighted by Gasteiger charge is -2.24. The van der Waals surface area contributed by atoms with Gasteiger partial charge >= 0.3 is 5.97 Å². The van der Waals surface area contributed by atoms with Crippen LogP contribution in [0.2, 0.25) is 0 Å². The van der Waals surface area contributed by atoms with Crippen molar-refractivity contribution in [3.05, 3.63) is 29.8 Å². The Kier molecular flexibility index (Phi) is 6.36. The van der Waals surface area contributed by atoms with E-state index >= 15 is 0 Å². The molecule has 0 spiro atoms. The lowest BCUT2D eigenvalue weighted by atomic mass is 10.2. The predicted molar refractivity (Wildman–Crippen MR) is 75.9 cm³/mol. The Morgan fingerprint density at radius 1 is 1.37 bits per heavy atom. The van der Waals surface area contributed by atoms with Gasteiger partial charge < -0.3 is 14.7 Å². The van der Waals surface area contributed by atoms with Crippen molar-refractivity contribution in [3.8, 4) is 5.75 Å². The normalized spacial score (nSPS) is 11.0. The molecule has 0 fully saturated rings. The highest BCUT2D eigenvalue weighted by Gasteiger charge is 2.10. The SMILES string of the molecule is CCN(CCCOc1ccccc1C(=O)O)C(C)C. The van der Waals surface area contributed by atoms with Gasteiger partial charge in [0.1, 0.15) is 11.3 Å². The second-order valence-corrected chi connectivity index (χ2v) is 4.73. The monoisotopic (exact) mass is 265 g/mol. The molecule has 0 radical (unpaired) electrons. The highest BCUT2D eigenvalue weighted by atomic mass is 16.5. The molecule has 4 nitrogen and oxygen atoms in total. The quantitative estimate of drug-likeness (QED) is 0.734. The van der Waals surface area contributed by atoms with Gasteiger partial charge in [0, 0.05) is 12.6 Å². The number of carboxylic acids is 1. The Morgan fingerprint density at radius 3 is 2.63 bits per heavy atom. The molecule has 0 saturated heterocycles. The first-order valence-corrected chi connectivity index (χ1v) is 6.75. The van der Waals surface area contributed by atoms with E-state index in [-0.39, 0.29) is 5.56 Å². The number of rotatable bonds is 8. The highest BCUT2D eigenvalue weighted by Crippen LogP contribution is 2.17. The van der Waals surface area contributed by atoms with E-state index in [4.69, 9.17) is 9.84 Å². The average Bonchev–Trinajstić information content (AvgIpc) is 2.38. The average molecular weight is 265 g/mol. The molecule has 0 aliphatic carbocycles. The maximum atomic E-state index is 11.0. The maximum Gasteiger partial charge on any atom is 0.339 e. The van der Waals surface area contributed by atoms with Crippen molar-refractivity contribution in [1.29, 1.82) is 0 Å². The molecule has 0 bridgehead atoms. The molecule has 0 aromatic heterocycles. The summed E-state index contributed by atoms with van der Waals surface area (Å²) in [5.41, 5.74) is 0.221. The van der Waals surface area contributed by atoms with E-state index in [0.29, 0.717) is 18.4 Å². The van der Waals surface area contributed by atoms with E-state index in [1.54, 1.807) is 24.3 Å². The molecule has 0 atom stereocenters. The molecule has 1 aromatic rings. The molecule has 0 amide bonds. The zero-order valence-electron chi connectivity index (χ0n) is 11.9. The van der Waals surface area contributed by atoms with Crippen molar-refractivity contribution in [2.45, 2.75) is 33.2 Å². The molecule has 1 rings (SSSR count). The molecule has 4 heteroatoms. The van der Waals surface area contributed by atoms with E-state index in [1.165, 1.54) is 0 Å². The summed E-state index contributed by atoms with van der Waals surface area (Å²) >= 11 is 0. The number of ether oxygens (including phenoxy) is 1. The third kappa shape index (κ3) is 4.91. The van der Waals surface area contributed by atoms with Gasteiger partial charge in [-0.25, -0.2) is 4.79 Å². The lowest BCUT2D eigenvalue weighted by molar-refractivity contribution is 0.0692. The maximum absolute atomic E-state index is 11.0. The Hall–Kier alpha value is -1.55. The predicted octanol–water partition coefficient (Wildman–Crippen LogP) is 2.88. The largest absolute Gasteiger partial charge is 0.493 e. The first-order valence-electron chi connectivity index (χ1n) is 6.75. The number of benzene rings is 1. The van der Waals surface area contributed by atoms with Crippen LogP contribution in [0.15, 0.2) is 24.3 Å². The molecule has 0 saturated carbocycles. The van der Waals surface area contributed by atoms with Crippen molar-refractivity contribution in [2.75, 3.05) is 19.7 Å². The molecule has 19 heavy (non-hydrogen) atoms. The Bertz CT molecular complexity index is 404. The summed E-state index contributed by atoms with van der Waals surface area (Å²) in [6.45, 7) is 9.00. The lowest BCUT2D eigenvalue weighted by Crippen LogP contribution is -2.32. The molecule has 0 heterocycles. The van der Waals surface area contributed by atoms with Crippen molar-refractivity contribution < 1.29 is 14.6 Å². The summed E-state index contributed by atoms with van der Waals surface area (Å²) in [5.74, 6) is -0.504. The second kappa shape index (κ2) is 7.79. The van der Waals surface area contributed by atoms with Gasteiger partial charge in [-0.3, -0.25) is 0 Å². The van der Waals surface area contributed by atoms with Gasteiger partial charge in [-0.1, -0.05) is 19.1 Å². The standard InChI is InChI=1S/C15H23NO3/c1-4-16(12(2)3)10-7-11-19-14-9-6-5-8-13(14)15(17)18/h5-6,8-9,12H,4,7,10-11H2,1-3H3,(H,17,18). The minimum Gasteiger partial charge on any atom is -0.493 e. The van der Waals surface area contributed by atoms with E-state index in [9.17, 15) is 4.79 Å². The minimum atomic E-state index is -0.951. The molecule has 106 valence electrons. The number of nitrogens with zero attached hydrogens (tertiary/aromatic N) is 1. The number of aromatic carboxylic acids is 1. The number of para-hydroxylation sites is 1. The third-order valence-electron chi connectivity index (χ3n) is 3.10. The molecular weight excluding hydrogens is 242 g/mol. The summed E-state index contributed by atoms with van der Waals surface area (Å²) in [6.07, 6.45) is 0.889. The number of hydrogen-bond donors (Lipinski definition) is 1. The molecule has 0 unspecified atom stereocenters. The van der Waals surface area contributed by atoms with E-state index < -0.39 is 5.97 Å². The summed E-state index contributed by atoms with van der Waals surface area (Å²) in [4.78, 5) is 13.4. The van der Waals surface area contributed by atoms with Crippen molar-refractivity contribution in [2.24, 2.45) is 0 Å². The van der Waals surface area contributed by atoms with Gasteiger partial charge in [-0.05, 0) is 38.9 Å². The molecule has 1 N–H and O–H groups in total. The van der Waals surface area contributed by atoms with Crippen LogP contribution in [0.4, 0.5) is 0 Å². The van der Waals surface area contributed by atoms with E-state index in [1.807, 2.05) is 0 Å². The van der Waals surface area contributed by atoms with Crippen LogP contribution in [0.3, 0.4) is 0 Å². The Morgan fingerprint density at radius 2 is 2.05 bits per heavy atom. The summed E-state index contributed by atoms with van der Waals surface area (Å²) in [7, 11) is 0. The molecule has 1 aromatic carbocycles. The Labute approximate surface area is 115 Å². The van der Waals surface area contributed by atoms with Crippen LogP contribution >= 0.6 is 0 Å². The fourth-order valence-corrected chi connectivity index (χ4v) is 2.00. The highest BCUT2D eigenvalue weighted by molar-refractivity contribution is 5.90. The number of carboxylic acid groups (broad SMARTS) is 1. The number of hydrogen-bond acceptors (Lipinski definition) is 3. The first-order chi connectivity index (χ1) is 9.06. The summed E-state index contributed by atoms with van der Waals surface area (Å²) in [6, 6.07) is 7.27. The van der Waals surface area contributed by atoms with Crippen LogP contribution in [0.1, 0.15) is 37.6 Å². The van der Waals surface area contributed by atoms with E-state index in [0.717, 1.165) is 19.5 Å². The second-order valence-electron chi connectivity index (χ2n) is 4.73. The smallest absolute Gasteiger partial charge is 0.339 e. The zero-order valence-corrected chi connectivity index (χ0v) is 11.9. The summed E-state index contributed by atoms with van der Waals surface area (Å²) < 4.78 is 5.57. The molecule has 0 aliphatic rings. The number of carbonyl (C=O) groups is 1. The van der Waals surface area contributed by atoms with E-state index in [2.05, 4.69) is 25.7 Å². The summed E-state index contributed by atoms with van der Waals surface area (Å²) in [5, 5.41) is 9.03. The molecule has 0 aliphatic heterocycles.